The van der Waals surface area contributed by atoms with Gasteiger partial charge < -0.3 is 10.1 Å². The number of sulfone groups is 1. The van der Waals surface area contributed by atoms with Crippen LogP contribution in [-0.4, -0.2) is 45.7 Å². The molecular formula is C11H21NO3S. The molecule has 0 bridgehead atoms. The summed E-state index contributed by atoms with van der Waals surface area (Å²) in [6.07, 6.45) is 4.16. The van der Waals surface area contributed by atoms with Gasteiger partial charge in [0.1, 0.15) is 9.84 Å². The van der Waals surface area contributed by atoms with Crippen molar-refractivity contribution in [2.75, 3.05) is 31.3 Å². The van der Waals surface area contributed by atoms with Crippen molar-refractivity contribution in [3.8, 4) is 0 Å². The summed E-state index contributed by atoms with van der Waals surface area (Å²) in [5.41, 5.74) is 0. The Labute approximate surface area is 97.7 Å². The van der Waals surface area contributed by atoms with Crippen LogP contribution in [0.15, 0.2) is 0 Å². The maximum absolute atomic E-state index is 11.2. The summed E-state index contributed by atoms with van der Waals surface area (Å²) < 4.78 is 27.9. The number of ether oxygens (including phenoxy) is 1. The molecule has 1 heterocycles. The van der Waals surface area contributed by atoms with E-state index in [1.54, 1.807) is 0 Å². The largest absolute Gasteiger partial charge is 0.380 e. The fourth-order valence-corrected chi connectivity index (χ4v) is 3.46. The highest BCUT2D eigenvalue weighted by Crippen LogP contribution is 2.28. The van der Waals surface area contributed by atoms with E-state index in [9.17, 15) is 8.42 Å². The monoisotopic (exact) mass is 247 g/mol. The van der Waals surface area contributed by atoms with E-state index in [2.05, 4.69) is 5.32 Å². The molecule has 1 aliphatic heterocycles. The molecule has 0 spiro atoms. The molecule has 16 heavy (non-hydrogen) atoms. The Hall–Kier alpha value is -0.130. The SMILES string of the molecule is O=S1(=O)CCC(NCCOCC2CC2)CC1. The summed E-state index contributed by atoms with van der Waals surface area (Å²) >= 11 is 0. The Morgan fingerprint density at radius 1 is 1.12 bits per heavy atom. The lowest BCUT2D eigenvalue weighted by Crippen LogP contribution is -2.39. The van der Waals surface area contributed by atoms with Crippen molar-refractivity contribution < 1.29 is 13.2 Å². The highest BCUT2D eigenvalue weighted by Gasteiger charge is 2.23. The first-order valence-corrected chi connectivity index (χ1v) is 7.99. The second kappa shape index (κ2) is 5.47. The molecular weight excluding hydrogens is 226 g/mol. The van der Waals surface area contributed by atoms with Crippen LogP contribution in [0.3, 0.4) is 0 Å². The van der Waals surface area contributed by atoms with Crippen LogP contribution in [0.1, 0.15) is 25.7 Å². The lowest BCUT2D eigenvalue weighted by molar-refractivity contribution is 0.124. The van der Waals surface area contributed by atoms with Gasteiger partial charge in [-0.3, -0.25) is 0 Å². The normalized spacial score (nSPS) is 25.8. The maximum atomic E-state index is 11.2. The van der Waals surface area contributed by atoms with Crippen LogP contribution in [0.4, 0.5) is 0 Å². The predicted octanol–water partition coefficient (Wildman–Crippen LogP) is 0.580. The number of rotatable bonds is 6. The van der Waals surface area contributed by atoms with Gasteiger partial charge in [-0.05, 0) is 31.6 Å². The molecule has 4 nitrogen and oxygen atoms in total. The smallest absolute Gasteiger partial charge is 0.150 e. The van der Waals surface area contributed by atoms with Crippen molar-refractivity contribution >= 4 is 9.84 Å². The van der Waals surface area contributed by atoms with E-state index in [0.717, 1.165) is 38.5 Å². The Morgan fingerprint density at radius 3 is 2.44 bits per heavy atom. The van der Waals surface area contributed by atoms with Crippen molar-refractivity contribution in [1.82, 2.24) is 5.32 Å². The average molecular weight is 247 g/mol. The third kappa shape index (κ3) is 4.39. The Morgan fingerprint density at radius 2 is 1.81 bits per heavy atom. The van der Waals surface area contributed by atoms with Crippen LogP contribution in [0.2, 0.25) is 0 Å². The molecule has 5 heteroatoms. The number of hydrogen-bond acceptors (Lipinski definition) is 4. The van der Waals surface area contributed by atoms with E-state index >= 15 is 0 Å². The van der Waals surface area contributed by atoms with Gasteiger partial charge in [-0.15, -0.1) is 0 Å². The zero-order chi connectivity index (χ0) is 11.4. The van der Waals surface area contributed by atoms with E-state index in [1.165, 1.54) is 12.8 Å². The third-order valence-corrected chi connectivity index (χ3v) is 5.00. The van der Waals surface area contributed by atoms with Gasteiger partial charge in [-0.1, -0.05) is 0 Å². The average Bonchev–Trinajstić information content (AvgIpc) is 3.04. The molecule has 0 atom stereocenters. The molecule has 0 unspecified atom stereocenters. The van der Waals surface area contributed by atoms with Crippen LogP contribution < -0.4 is 5.32 Å². The minimum absolute atomic E-state index is 0.341. The van der Waals surface area contributed by atoms with E-state index < -0.39 is 9.84 Å². The van der Waals surface area contributed by atoms with Gasteiger partial charge in [0.15, 0.2) is 0 Å². The summed E-state index contributed by atoms with van der Waals surface area (Å²) in [6.45, 7) is 2.50. The van der Waals surface area contributed by atoms with Crippen molar-refractivity contribution in [2.45, 2.75) is 31.7 Å². The number of nitrogens with one attached hydrogen (secondary N) is 1. The van der Waals surface area contributed by atoms with Crippen molar-refractivity contribution in [3.05, 3.63) is 0 Å². The molecule has 0 aromatic heterocycles. The zero-order valence-electron chi connectivity index (χ0n) is 9.65. The van der Waals surface area contributed by atoms with Crippen molar-refractivity contribution in [2.24, 2.45) is 5.92 Å². The predicted molar refractivity (Wildman–Crippen MR) is 63.2 cm³/mol. The topological polar surface area (TPSA) is 55.4 Å². The quantitative estimate of drug-likeness (QED) is 0.698. The first-order valence-electron chi connectivity index (χ1n) is 6.17. The molecule has 0 amide bonds. The summed E-state index contributed by atoms with van der Waals surface area (Å²) in [5, 5.41) is 3.36. The molecule has 94 valence electrons. The van der Waals surface area contributed by atoms with Crippen molar-refractivity contribution in [1.29, 1.82) is 0 Å². The second-order valence-electron chi connectivity index (χ2n) is 4.90. The first-order chi connectivity index (χ1) is 7.66. The van der Waals surface area contributed by atoms with E-state index in [0.29, 0.717) is 17.5 Å². The lowest BCUT2D eigenvalue weighted by atomic mass is 10.1. The maximum Gasteiger partial charge on any atom is 0.150 e. The fraction of sp³-hybridized carbons (Fsp3) is 1.00. The van der Waals surface area contributed by atoms with Crippen molar-refractivity contribution in [3.63, 3.8) is 0 Å². The molecule has 0 aromatic rings. The molecule has 1 aliphatic carbocycles. The summed E-state index contributed by atoms with van der Waals surface area (Å²) in [4.78, 5) is 0. The Kier molecular flexibility index (Phi) is 4.21. The van der Waals surface area contributed by atoms with Crippen LogP contribution >= 0.6 is 0 Å². The minimum Gasteiger partial charge on any atom is -0.380 e. The Bertz CT molecular complexity index is 297. The van der Waals surface area contributed by atoms with Gasteiger partial charge in [0.25, 0.3) is 0 Å². The van der Waals surface area contributed by atoms with Gasteiger partial charge in [0.05, 0.1) is 18.1 Å². The summed E-state index contributed by atoms with van der Waals surface area (Å²) in [6, 6.07) is 0.369. The number of hydrogen-bond donors (Lipinski definition) is 1. The lowest BCUT2D eigenvalue weighted by Gasteiger charge is -2.23. The summed E-state index contributed by atoms with van der Waals surface area (Å²) in [5.74, 6) is 1.50. The second-order valence-corrected chi connectivity index (χ2v) is 7.20. The van der Waals surface area contributed by atoms with E-state index in [4.69, 9.17) is 4.74 Å². The van der Waals surface area contributed by atoms with Gasteiger partial charge in [-0.25, -0.2) is 8.42 Å². The van der Waals surface area contributed by atoms with Crippen LogP contribution in [0.25, 0.3) is 0 Å². The highest BCUT2D eigenvalue weighted by molar-refractivity contribution is 7.91. The van der Waals surface area contributed by atoms with Gasteiger partial charge in [0, 0.05) is 19.2 Å². The molecule has 1 saturated heterocycles. The molecule has 2 fully saturated rings. The first kappa shape index (κ1) is 12.3. The van der Waals surface area contributed by atoms with Crippen LogP contribution in [0.5, 0.6) is 0 Å². The molecule has 0 aromatic carbocycles. The molecule has 1 saturated carbocycles. The standard InChI is InChI=1S/C11H21NO3S/c13-16(14)7-3-11(4-8-16)12-5-6-15-9-10-1-2-10/h10-12H,1-9H2. The molecule has 1 N–H and O–H groups in total. The highest BCUT2D eigenvalue weighted by atomic mass is 32.2. The van der Waals surface area contributed by atoms with Crippen LogP contribution in [-0.2, 0) is 14.6 Å². The van der Waals surface area contributed by atoms with Gasteiger partial charge >= 0.3 is 0 Å². The molecule has 2 aliphatic rings. The Balaban J connectivity index is 1.50. The zero-order valence-corrected chi connectivity index (χ0v) is 10.5. The van der Waals surface area contributed by atoms with E-state index in [-0.39, 0.29) is 0 Å². The molecule has 0 radical (unpaired) electrons. The summed E-state index contributed by atoms with van der Waals surface area (Å²) in [7, 11) is -2.73. The third-order valence-electron chi connectivity index (χ3n) is 3.28. The molecule has 2 rings (SSSR count). The van der Waals surface area contributed by atoms with E-state index in [1.807, 2.05) is 0 Å². The minimum atomic E-state index is -2.73. The van der Waals surface area contributed by atoms with Gasteiger partial charge in [-0.2, -0.15) is 0 Å². The fourth-order valence-electron chi connectivity index (χ4n) is 1.96. The van der Waals surface area contributed by atoms with Crippen LogP contribution in [0, 0.1) is 5.92 Å². The van der Waals surface area contributed by atoms with Gasteiger partial charge in [0.2, 0.25) is 0 Å².